The van der Waals surface area contributed by atoms with E-state index >= 15 is 0 Å². The standard InChI is InChI=1S/C18H17F3O/c1-2-3-4-5-13-6-8-14(9-7-13)12-22-15-10-16(19)18(21)17(20)11-15/h4-11H,2-3,12H2,1H3. The number of benzene rings is 2. The smallest absolute Gasteiger partial charge is 0.194 e. The molecule has 0 bridgehead atoms. The molecule has 2 aromatic rings. The molecule has 2 rings (SSSR count). The van der Waals surface area contributed by atoms with Crippen molar-refractivity contribution in [2.45, 2.75) is 26.4 Å². The van der Waals surface area contributed by atoms with Gasteiger partial charge in [-0.15, -0.1) is 0 Å². The molecule has 0 aliphatic carbocycles. The normalized spacial score (nSPS) is 11.1. The van der Waals surface area contributed by atoms with E-state index in [9.17, 15) is 13.2 Å². The van der Waals surface area contributed by atoms with Crippen molar-refractivity contribution in [2.24, 2.45) is 0 Å². The molecule has 0 saturated heterocycles. The molecule has 0 spiro atoms. The summed E-state index contributed by atoms with van der Waals surface area (Å²) in [6, 6.07) is 9.30. The van der Waals surface area contributed by atoms with Gasteiger partial charge < -0.3 is 4.74 Å². The van der Waals surface area contributed by atoms with Gasteiger partial charge in [0.15, 0.2) is 17.5 Å². The summed E-state index contributed by atoms with van der Waals surface area (Å²) in [5.74, 6) is -4.04. The summed E-state index contributed by atoms with van der Waals surface area (Å²) in [7, 11) is 0. The molecule has 2 aromatic carbocycles. The molecule has 0 fully saturated rings. The molecule has 1 nitrogen and oxygen atoms in total. The Balaban J connectivity index is 1.97. The van der Waals surface area contributed by atoms with Crippen LogP contribution >= 0.6 is 0 Å². The van der Waals surface area contributed by atoms with Crippen LogP contribution in [-0.2, 0) is 6.61 Å². The largest absolute Gasteiger partial charge is 0.489 e. The van der Waals surface area contributed by atoms with Gasteiger partial charge in [0.2, 0.25) is 0 Å². The lowest BCUT2D eigenvalue weighted by atomic mass is 10.1. The SMILES string of the molecule is CCCC=Cc1ccc(COc2cc(F)c(F)c(F)c2)cc1. The van der Waals surface area contributed by atoms with Crippen LogP contribution in [0.4, 0.5) is 13.2 Å². The average molecular weight is 306 g/mol. The summed E-state index contributed by atoms with van der Waals surface area (Å²) >= 11 is 0. The zero-order chi connectivity index (χ0) is 15.9. The van der Waals surface area contributed by atoms with Gasteiger partial charge in [-0.25, -0.2) is 13.2 Å². The summed E-state index contributed by atoms with van der Waals surface area (Å²) in [4.78, 5) is 0. The molecule has 22 heavy (non-hydrogen) atoms. The third-order valence-corrected chi connectivity index (χ3v) is 3.11. The first-order valence-corrected chi connectivity index (χ1v) is 7.13. The minimum Gasteiger partial charge on any atom is -0.489 e. The van der Waals surface area contributed by atoms with E-state index in [0.717, 1.165) is 36.1 Å². The summed E-state index contributed by atoms with van der Waals surface area (Å²) in [6.07, 6.45) is 6.29. The number of unbranched alkanes of at least 4 members (excludes halogenated alkanes) is 1. The van der Waals surface area contributed by atoms with Gasteiger partial charge in [0.1, 0.15) is 12.4 Å². The lowest BCUT2D eigenvalue weighted by Crippen LogP contribution is -1.98. The Morgan fingerprint density at radius 2 is 1.64 bits per heavy atom. The fourth-order valence-corrected chi connectivity index (χ4v) is 1.89. The lowest BCUT2D eigenvalue weighted by molar-refractivity contribution is 0.299. The second kappa shape index (κ2) is 7.69. The maximum absolute atomic E-state index is 13.1. The molecule has 0 amide bonds. The highest BCUT2D eigenvalue weighted by atomic mass is 19.2. The number of allylic oxidation sites excluding steroid dienone is 1. The highest BCUT2D eigenvalue weighted by molar-refractivity contribution is 5.49. The first-order chi connectivity index (χ1) is 10.6. The molecule has 0 unspecified atom stereocenters. The van der Waals surface area contributed by atoms with E-state index in [4.69, 9.17) is 4.74 Å². The van der Waals surface area contributed by atoms with Gasteiger partial charge >= 0.3 is 0 Å². The van der Waals surface area contributed by atoms with E-state index in [1.54, 1.807) is 0 Å². The van der Waals surface area contributed by atoms with Crippen LogP contribution in [0.2, 0.25) is 0 Å². The van der Waals surface area contributed by atoms with Crippen LogP contribution in [0.1, 0.15) is 30.9 Å². The number of hydrogen-bond acceptors (Lipinski definition) is 1. The van der Waals surface area contributed by atoms with Gasteiger partial charge in [-0.05, 0) is 17.5 Å². The summed E-state index contributed by atoms with van der Waals surface area (Å²) in [5, 5.41) is 0. The lowest BCUT2D eigenvalue weighted by Gasteiger charge is -2.07. The number of ether oxygens (including phenoxy) is 1. The molecule has 4 heteroatoms. The van der Waals surface area contributed by atoms with E-state index in [0.29, 0.717) is 0 Å². The Hall–Kier alpha value is -2.23. The van der Waals surface area contributed by atoms with Crippen molar-refractivity contribution in [3.05, 3.63) is 71.1 Å². The van der Waals surface area contributed by atoms with E-state index in [2.05, 4.69) is 13.0 Å². The topological polar surface area (TPSA) is 9.23 Å². The monoisotopic (exact) mass is 306 g/mol. The Morgan fingerprint density at radius 3 is 2.23 bits per heavy atom. The van der Waals surface area contributed by atoms with Gasteiger partial charge in [0, 0.05) is 12.1 Å². The Kier molecular flexibility index (Phi) is 5.64. The van der Waals surface area contributed by atoms with Crippen LogP contribution in [0.3, 0.4) is 0 Å². The van der Waals surface area contributed by atoms with E-state index in [1.165, 1.54) is 0 Å². The minimum absolute atomic E-state index is 0.0386. The maximum Gasteiger partial charge on any atom is 0.194 e. The number of halogens is 3. The molecule has 0 heterocycles. The van der Waals surface area contributed by atoms with Crippen molar-refractivity contribution in [3.8, 4) is 5.75 Å². The predicted octanol–water partition coefficient (Wildman–Crippen LogP) is 5.50. The fourth-order valence-electron chi connectivity index (χ4n) is 1.89. The van der Waals surface area contributed by atoms with Crippen molar-refractivity contribution >= 4 is 6.08 Å². The van der Waals surface area contributed by atoms with Crippen LogP contribution in [0.5, 0.6) is 5.75 Å². The molecule has 0 aliphatic rings. The first kappa shape index (κ1) is 16.1. The molecule has 0 aliphatic heterocycles. The number of rotatable bonds is 6. The minimum atomic E-state index is -1.49. The Bertz CT molecular complexity index is 625. The maximum atomic E-state index is 13.1. The second-order valence-corrected chi connectivity index (χ2v) is 4.92. The molecule has 0 saturated carbocycles. The predicted molar refractivity (Wildman–Crippen MR) is 81.0 cm³/mol. The highest BCUT2D eigenvalue weighted by Gasteiger charge is 2.11. The van der Waals surface area contributed by atoms with Gasteiger partial charge in [-0.3, -0.25) is 0 Å². The summed E-state index contributed by atoms with van der Waals surface area (Å²) < 4.78 is 44.2. The first-order valence-electron chi connectivity index (χ1n) is 7.13. The summed E-state index contributed by atoms with van der Waals surface area (Å²) in [5.41, 5.74) is 1.94. The van der Waals surface area contributed by atoms with Crippen molar-refractivity contribution in [1.82, 2.24) is 0 Å². The van der Waals surface area contributed by atoms with Crippen molar-refractivity contribution in [2.75, 3.05) is 0 Å². The van der Waals surface area contributed by atoms with Crippen LogP contribution in [-0.4, -0.2) is 0 Å². The fraction of sp³-hybridized carbons (Fsp3) is 0.222. The Labute approximate surface area is 128 Å². The van der Waals surface area contributed by atoms with Gasteiger partial charge in [0.25, 0.3) is 0 Å². The molecule has 0 aromatic heterocycles. The van der Waals surface area contributed by atoms with Gasteiger partial charge in [-0.2, -0.15) is 0 Å². The van der Waals surface area contributed by atoms with Crippen molar-refractivity contribution in [3.63, 3.8) is 0 Å². The molecule has 0 radical (unpaired) electrons. The van der Waals surface area contributed by atoms with E-state index in [-0.39, 0.29) is 12.4 Å². The van der Waals surface area contributed by atoms with Crippen LogP contribution in [0.15, 0.2) is 42.5 Å². The van der Waals surface area contributed by atoms with Gasteiger partial charge in [-0.1, -0.05) is 49.8 Å². The van der Waals surface area contributed by atoms with Crippen LogP contribution < -0.4 is 4.74 Å². The van der Waals surface area contributed by atoms with E-state index < -0.39 is 17.5 Å². The molecule has 0 atom stereocenters. The zero-order valence-electron chi connectivity index (χ0n) is 12.3. The van der Waals surface area contributed by atoms with Crippen molar-refractivity contribution < 1.29 is 17.9 Å². The average Bonchev–Trinajstić information content (AvgIpc) is 2.52. The molecule has 0 N–H and O–H groups in total. The molecular weight excluding hydrogens is 289 g/mol. The van der Waals surface area contributed by atoms with Crippen LogP contribution in [0.25, 0.3) is 6.08 Å². The second-order valence-electron chi connectivity index (χ2n) is 4.92. The third-order valence-electron chi connectivity index (χ3n) is 3.11. The summed E-state index contributed by atoms with van der Waals surface area (Å²) in [6.45, 7) is 2.27. The molecule has 116 valence electrons. The van der Waals surface area contributed by atoms with Crippen LogP contribution in [0, 0.1) is 17.5 Å². The van der Waals surface area contributed by atoms with Gasteiger partial charge in [0.05, 0.1) is 0 Å². The zero-order valence-corrected chi connectivity index (χ0v) is 12.3. The van der Waals surface area contributed by atoms with E-state index in [1.807, 2.05) is 30.3 Å². The third kappa shape index (κ3) is 4.38. The van der Waals surface area contributed by atoms with Crippen molar-refractivity contribution in [1.29, 1.82) is 0 Å². The highest BCUT2D eigenvalue weighted by Crippen LogP contribution is 2.20. The quantitative estimate of drug-likeness (QED) is 0.641. The Morgan fingerprint density at radius 1 is 1.00 bits per heavy atom. The number of hydrogen-bond donors (Lipinski definition) is 0. The molecular formula is C18H17F3O.